The Labute approximate surface area is 113 Å². The number of nitrogens with one attached hydrogen (secondary N) is 1. The van der Waals surface area contributed by atoms with Gasteiger partial charge in [0.1, 0.15) is 0 Å². The van der Waals surface area contributed by atoms with Gasteiger partial charge in [-0.2, -0.15) is 0 Å². The number of carbonyl (C=O) groups is 1. The zero-order valence-corrected chi connectivity index (χ0v) is 11.7. The molecule has 0 aliphatic heterocycles. The minimum absolute atomic E-state index is 0.0888. The smallest absolute Gasteiger partial charge is 0.251 e. The van der Waals surface area contributed by atoms with Gasteiger partial charge >= 0.3 is 0 Å². The second-order valence-corrected chi connectivity index (χ2v) is 4.77. The molecule has 5 heteroatoms. The van der Waals surface area contributed by atoms with E-state index in [0.29, 0.717) is 11.4 Å². The lowest BCUT2D eigenvalue weighted by Crippen LogP contribution is -2.48. The Kier molecular flexibility index (Phi) is 5.59. The van der Waals surface area contributed by atoms with E-state index in [4.69, 9.17) is 17.4 Å². The van der Waals surface area contributed by atoms with Gasteiger partial charge < -0.3 is 0 Å². The van der Waals surface area contributed by atoms with Gasteiger partial charge in [0.15, 0.2) is 0 Å². The second-order valence-electron chi connectivity index (χ2n) is 4.33. The van der Waals surface area contributed by atoms with E-state index in [0.717, 1.165) is 5.56 Å². The summed E-state index contributed by atoms with van der Waals surface area (Å²) >= 11 is 5.98. The SMILES string of the molecule is CCC(C(=O)NN)N(C)C(C)c1cccc(Cl)c1. The van der Waals surface area contributed by atoms with Crippen molar-refractivity contribution in [1.82, 2.24) is 10.3 Å². The first kappa shape index (κ1) is 15.0. The van der Waals surface area contributed by atoms with Gasteiger partial charge in [0.25, 0.3) is 5.91 Å². The first-order valence-electron chi connectivity index (χ1n) is 5.99. The molecule has 18 heavy (non-hydrogen) atoms. The maximum Gasteiger partial charge on any atom is 0.251 e. The molecule has 1 aromatic rings. The van der Waals surface area contributed by atoms with Gasteiger partial charge in [0.2, 0.25) is 0 Å². The lowest BCUT2D eigenvalue weighted by atomic mass is 10.0. The van der Waals surface area contributed by atoms with Crippen molar-refractivity contribution in [1.29, 1.82) is 0 Å². The number of hydrogen-bond donors (Lipinski definition) is 2. The monoisotopic (exact) mass is 269 g/mol. The van der Waals surface area contributed by atoms with Crippen molar-refractivity contribution in [3.05, 3.63) is 34.9 Å². The van der Waals surface area contributed by atoms with Gasteiger partial charge in [-0.1, -0.05) is 30.7 Å². The highest BCUT2D eigenvalue weighted by molar-refractivity contribution is 6.30. The molecule has 0 spiro atoms. The molecular formula is C13H20ClN3O. The van der Waals surface area contributed by atoms with Crippen LogP contribution in [0.15, 0.2) is 24.3 Å². The molecule has 0 aliphatic carbocycles. The summed E-state index contributed by atoms with van der Waals surface area (Å²) in [6.45, 7) is 4.00. The fourth-order valence-electron chi connectivity index (χ4n) is 2.03. The quantitative estimate of drug-likeness (QED) is 0.489. The Balaban J connectivity index is 2.88. The number of benzene rings is 1. The third-order valence-electron chi connectivity index (χ3n) is 3.27. The van der Waals surface area contributed by atoms with E-state index < -0.39 is 0 Å². The van der Waals surface area contributed by atoms with E-state index in [-0.39, 0.29) is 18.0 Å². The van der Waals surface area contributed by atoms with Gasteiger partial charge in [0.05, 0.1) is 6.04 Å². The van der Waals surface area contributed by atoms with Gasteiger partial charge in [-0.3, -0.25) is 15.1 Å². The van der Waals surface area contributed by atoms with Crippen molar-refractivity contribution in [2.45, 2.75) is 32.4 Å². The molecule has 0 heterocycles. The predicted molar refractivity (Wildman–Crippen MR) is 74.0 cm³/mol. The van der Waals surface area contributed by atoms with Crippen molar-refractivity contribution < 1.29 is 4.79 Å². The summed E-state index contributed by atoms with van der Waals surface area (Å²) < 4.78 is 0. The van der Waals surface area contributed by atoms with Crippen LogP contribution >= 0.6 is 11.6 Å². The molecule has 1 rings (SSSR count). The Morgan fingerprint density at radius 1 is 1.56 bits per heavy atom. The molecule has 0 radical (unpaired) electrons. The lowest BCUT2D eigenvalue weighted by molar-refractivity contribution is -0.126. The van der Waals surface area contributed by atoms with E-state index in [1.807, 2.05) is 50.1 Å². The van der Waals surface area contributed by atoms with Crippen LogP contribution in [0.3, 0.4) is 0 Å². The van der Waals surface area contributed by atoms with E-state index in [1.54, 1.807) is 0 Å². The predicted octanol–water partition coefficient (Wildman–Crippen LogP) is 2.10. The van der Waals surface area contributed by atoms with E-state index >= 15 is 0 Å². The molecule has 100 valence electrons. The van der Waals surface area contributed by atoms with Crippen molar-refractivity contribution in [2.75, 3.05) is 7.05 Å². The van der Waals surface area contributed by atoms with Crippen LogP contribution < -0.4 is 11.3 Å². The number of nitrogens with two attached hydrogens (primary N) is 1. The molecule has 3 N–H and O–H groups in total. The van der Waals surface area contributed by atoms with E-state index in [2.05, 4.69) is 5.43 Å². The van der Waals surface area contributed by atoms with Crippen LogP contribution in [0.5, 0.6) is 0 Å². The highest BCUT2D eigenvalue weighted by atomic mass is 35.5. The Bertz CT molecular complexity index is 411. The van der Waals surface area contributed by atoms with Crippen molar-refractivity contribution in [3.8, 4) is 0 Å². The standard InChI is InChI=1S/C13H20ClN3O/c1-4-12(13(18)16-15)17(3)9(2)10-6-5-7-11(14)8-10/h5-9,12H,4,15H2,1-3H3,(H,16,18). The van der Waals surface area contributed by atoms with Crippen molar-refractivity contribution >= 4 is 17.5 Å². The maximum atomic E-state index is 11.7. The molecule has 0 bridgehead atoms. The number of likely N-dealkylation sites (N-methyl/N-ethyl adjacent to an activating group) is 1. The molecule has 2 unspecified atom stereocenters. The molecule has 0 saturated carbocycles. The molecule has 0 fully saturated rings. The van der Waals surface area contributed by atoms with Crippen LogP contribution in [0.25, 0.3) is 0 Å². The van der Waals surface area contributed by atoms with Crippen LogP contribution in [-0.4, -0.2) is 23.9 Å². The molecule has 4 nitrogen and oxygen atoms in total. The number of rotatable bonds is 5. The normalized spacial score (nSPS) is 14.3. The maximum absolute atomic E-state index is 11.7. The molecule has 0 aromatic heterocycles. The zero-order valence-electron chi connectivity index (χ0n) is 11.0. The molecule has 2 atom stereocenters. The molecule has 1 amide bonds. The summed E-state index contributed by atoms with van der Waals surface area (Å²) in [6, 6.07) is 7.50. The molecule has 1 aromatic carbocycles. The number of halogens is 1. The summed E-state index contributed by atoms with van der Waals surface area (Å²) in [6.07, 6.45) is 0.699. The van der Waals surface area contributed by atoms with Gasteiger partial charge in [0, 0.05) is 11.1 Å². The number of amides is 1. The van der Waals surface area contributed by atoms with Crippen molar-refractivity contribution in [2.24, 2.45) is 5.84 Å². The van der Waals surface area contributed by atoms with Gasteiger partial charge in [-0.15, -0.1) is 0 Å². The fourth-order valence-corrected chi connectivity index (χ4v) is 2.22. The Morgan fingerprint density at radius 2 is 2.22 bits per heavy atom. The average molecular weight is 270 g/mol. The Hall–Kier alpha value is -1.10. The zero-order chi connectivity index (χ0) is 13.7. The van der Waals surface area contributed by atoms with Gasteiger partial charge in [-0.25, -0.2) is 5.84 Å². The minimum Gasteiger partial charge on any atom is -0.293 e. The van der Waals surface area contributed by atoms with Crippen LogP contribution in [0.2, 0.25) is 5.02 Å². The third kappa shape index (κ3) is 3.45. The minimum atomic E-state index is -0.246. The summed E-state index contributed by atoms with van der Waals surface area (Å²) in [5, 5.41) is 0.698. The van der Waals surface area contributed by atoms with E-state index in [1.165, 1.54) is 0 Å². The van der Waals surface area contributed by atoms with Gasteiger partial charge in [-0.05, 0) is 38.1 Å². The topological polar surface area (TPSA) is 58.4 Å². The number of hydrogen-bond acceptors (Lipinski definition) is 3. The molecular weight excluding hydrogens is 250 g/mol. The second kappa shape index (κ2) is 6.73. The molecule has 0 saturated heterocycles. The summed E-state index contributed by atoms with van der Waals surface area (Å²) in [7, 11) is 1.91. The highest BCUT2D eigenvalue weighted by Crippen LogP contribution is 2.24. The number of nitrogens with zero attached hydrogens (tertiary/aromatic N) is 1. The number of hydrazine groups is 1. The summed E-state index contributed by atoms with van der Waals surface area (Å²) in [4.78, 5) is 13.7. The largest absolute Gasteiger partial charge is 0.293 e. The number of carbonyl (C=O) groups excluding carboxylic acids is 1. The van der Waals surface area contributed by atoms with Crippen LogP contribution in [0.1, 0.15) is 31.9 Å². The van der Waals surface area contributed by atoms with E-state index in [9.17, 15) is 4.79 Å². The van der Waals surface area contributed by atoms with Crippen LogP contribution in [-0.2, 0) is 4.79 Å². The molecule has 0 aliphatic rings. The summed E-state index contributed by atoms with van der Waals surface area (Å²) in [5.41, 5.74) is 3.29. The van der Waals surface area contributed by atoms with Crippen LogP contribution in [0.4, 0.5) is 0 Å². The fraction of sp³-hybridized carbons (Fsp3) is 0.462. The average Bonchev–Trinajstić information content (AvgIpc) is 2.38. The lowest BCUT2D eigenvalue weighted by Gasteiger charge is -2.31. The first-order chi connectivity index (χ1) is 8.51. The van der Waals surface area contributed by atoms with Crippen LogP contribution in [0, 0.1) is 0 Å². The summed E-state index contributed by atoms with van der Waals surface area (Å²) in [5.74, 6) is 5.03. The highest BCUT2D eigenvalue weighted by Gasteiger charge is 2.25. The Morgan fingerprint density at radius 3 is 2.72 bits per heavy atom. The third-order valence-corrected chi connectivity index (χ3v) is 3.50. The van der Waals surface area contributed by atoms with Crippen molar-refractivity contribution in [3.63, 3.8) is 0 Å². The first-order valence-corrected chi connectivity index (χ1v) is 6.36.